The molecule has 2 aromatic rings. The van der Waals surface area contributed by atoms with Crippen LogP contribution in [0.3, 0.4) is 0 Å². The number of nitrogens with one attached hydrogen (secondary N) is 2. The van der Waals surface area contributed by atoms with Crippen LogP contribution in [0.2, 0.25) is 0 Å². The molecule has 2 atom stereocenters. The fourth-order valence-corrected chi connectivity index (χ4v) is 8.28. The van der Waals surface area contributed by atoms with Gasteiger partial charge in [0.25, 0.3) is 5.91 Å². The summed E-state index contributed by atoms with van der Waals surface area (Å²) < 4.78 is 30.0. The lowest BCUT2D eigenvalue weighted by atomic mass is 9.90. The Morgan fingerprint density at radius 3 is 2.22 bits per heavy atom. The SMILES string of the molecule is CC(=O)N[C@@H](Cc1ccc(P(=O)(O)O)c(P(=O)(O)O)c1)C(=O)N[C@@H]1CCCCc2cc(OCC3CCCCC3)c(C(N)=O)cc21. The van der Waals surface area contributed by atoms with E-state index in [1.807, 2.05) is 6.07 Å². The topological polar surface area (TPSA) is 226 Å². The number of amides is 3. The summed E-state index contributed by atoms with van der Waals surface area (Å²) in [4.78, 5) is 76.8. The lowest BCUT2D eigenvalue weighted by Crippen LogP contribution is -2.48. The van der Waals surface area contributed by atoms with Gasteiger partial charge in [0, 0.05) is 13.3 Å². The van der Waals surface area contributed by atoms with Gasteiger partial charge in [-0.15, -0.1) is 0 Å². The number of aryl methyl sites for hydroxylation is 1. The minimum atomic E-state index is -5.10. The lowest BCUT2D eigenvalue weighted by molar-refractivity contribution is -0.128. The second kappa shape index (κ2) is 14.6. The van der Waals surface area contributed by atoms with E-state index in [1.165, 1.54) is 19.4 Å². The molecule has 13 nitrogen and oxygen atoms in total. The van der Waals surface area contributed by atoms with Gasteiger partial charge < -0.3 is 40.7 Å². The molecular weight excluding hydrogens is 624 g/mol. The quantitative estimate of drug-likeness (QED) is 0.136. The summed E-state index contributed by atoms with van der Waals surface area (Å²) in [6, 6.07) is 4.88. The average molecular weight is 666 g/mol. The highest BCUT2D eigenvalue weighted by atomic mass is 31.2. The number of primary amides is 1. The summed E-state index contributed by atoms with van der Waals surface area (Å²) >= 11 is 0. The van der Waals surface area contributed by atoms with Crippen molar-refractivity contribution in [3.63, 3.8) is 0 Å². The molecule has 0 saturated heterocycles. The highest BCUT2D eigenvalue weighted by Gasteiger charge is 2.32. The van der Waals surface area contributed by atoms with Crippen molar-refractivity contribution in [1.29, 1.82) is 0 Å². The summed E-state index contributed by atoms with van der Waals surface area (Å²) in [7, 11) is -10.1. The summed E-state index contributed by atoms with van der Waals surface area (Å²) in [6.45, 7) is 1.71. The Hall–Kier alpha value is -3.05. The van der Waals surface area contributed by atoms with Crippen LogP contribution >= 0.6 is 15.2 Å². The van der Waals surface area contributed by atoms with Crippen LogP contribution < -0.4 is 31.7 Å². The van der Waals surface area contributed by atoms with Gasteiger partial charge in [-0.3, -0.25) is 23.5 Å². The van der Waals surface area contributed by atoms with Crippen LogP contribution in [-0.2, 0) is 31.6 Å². The van der Waals surface area contributed by atoms with Crippen LogP contribution in [0.15, 0.2) is 30.3 Å². The van der Waals surface area contributed by atoms with E-state index in [-0.39, 0.29) is 17.5 Å². The first-order valence-corrected chi connectivity index (χ1v) is 18.3. The molecule has 0 aliphatic heterocycles. The molecule has 3 amide bonds. The van der Waals surface area contributed by atoms with Gasteiger partial charge in [-0.25, -0.2) is 0 Å². The Bertz CT molecular complexity index is 1530. The smallest absolute Gasteiger partial charge is 0.357 e. The maximum absolute atomic E-state index is 13.6. The summed E-state index contributed by atoms with van der Waals surface area (Å²) in [5, 5.41) is 3.85. The third kappa shape index (κ3) is 9.25. The lowest BCUT2D eigenvalue weighted by Gasteiger charge is -2.26. The van der Waals surface area contributed by atoms with Crippen molar-refractivity contribution in [3.8, 4) is 5.75 Å². The molecule has 0 heterocycles. The molecule has 246 valence electrons. The number of benzene rings is 2. The molecule has 1 saturated carbocycles. The molecule has 0 aromatic heterocycles. The third-order valence-corrected chi connectivity index (χ3v) is 10.6. The molecule has 45 heavy (non-hydrogen) atoms. The van der Waals surface area contributed by atoms with Crippen molar-refractivity contribution < 1.29 is 47.8 Å². The molecule has 8 N–H and O–H groups in total. The van der Waals surface area contributed by atoms with E-state index in [1.54, 1.807) is 6.07 Å². The van der Waals surface area contributed by atoms with E-state index >= 15 is 0 Å². The summed E-state index contributed by atoms with van der Waals surface area (Å²) in [5.41, 5.74) is 7.77. The van der Waals surface area contributed by atoms with Crippen LogP contribution in [0.1, 0.15) is 91.4 Å². The van der Waals surface area contributed by atoms with Gasteiger partial charge in [-0.05, 0) is 79.0 Å². The number of hydrogen-bond donors (Lipinski definition) is 7. The van der Waals surface area contributed by atoms with E-state index in [9.17, 15) is 43.1 Å². The molecule has 4 rings (SSSR count). The van der Waals surface area contributed by atoms with Crippen molar-refractivity contribution in [2.24, 2.45) is 11.7 Å². The molecule has 0 unspecified atom stereocenters. The number of carbonyl (C=O) groups is 3. The van der Waals surface area contributed by atoms with Gasteiger partial charge in [-0.2, -0.15) is 0 Å². The van der Waals surface area contributed by atoms with Crippen LogP contribution in [0, 0.1) is 5.92 Å². The number of rotatable bonds is 11. The normalized spacial score (nSPS) is 18.3. The predicted molar refractivity (Wildman–Crippen MR) is 167 cm³/mol. The Kier molecular flexibility index (Phi) is 11.3. The molecule has 2 aliphatic rings. The summed E-state index contributed by atoms with van der Waals surface area (Å²) in [5.74, 6) is -0.926. The zero-order valence-electron chi connectivity index (χ0n) is 25.1. The third-order valence-electron chi connectivity index (χ3n) is 8.39. The zero-order chi connectivity index (χ0) is 32.9. The van der Waals surface area contributed by atoms with Crippen LogP contribution in [0.25, 0.3) is 0 Å². The largest absolute Gasteiger partial charge is 0.492 e. The first kappa shape index (κ1) is 34.8. The second-order valence-electron chi connectivity index (χ2n) is 11.9. The first-order valence-electron chi connectivity index (χ1n) is 15.1. The molecular formula is C30H41N3O10P2. The fraction of sp³-hybridized carbons (Fsp3) is 0.500. The standard InChI is InChI=1S/C30H41N3O10P2/c1-18(34)32-25(13-20-11-12-27(44(37,38)39)28(14-20)45(40,41)42)30(36)33-24-10-6-5-9-21-15-26(23(29(31)35)16-22(21)24)43-17-19-7-3-2-4-8-19/h11-12,14-16,19,24-25H,2-10,13,17H2,1H3,(H2,31,35)(H,32,34)(H,33,36)(H2,37,38,39)(H2,40,41,42)/t24-,25+/m1/s1. The number of ether oxygens (including phenoxy) is 1. The number of hydrogen-bond acceptors (Lipinski definition) is 6. The minimum absolute atomic E-state index is 0.163. The Labute approximate surface area is 261 Å². The van der Waals surface area contributed by atoms with E-state index in [0.717, 1.165) is 61.8 Å². The van der Waals surface area contributed by atoms with E-state index in [0.29, 0.717) is 31.1 Å². The molecule has 1 fully saturated rings. The van der Waals surface area contributed by atoms with Crippen molar-refractivity contribution in [2.45, 2.75) is 83.2 Å². The highest BCUT2D eigenvalue weighted by Crippen LogP contribution is 2.40. The monoisotopic (exact) mass is 665 g/mol. The number of nitrogens with two attached hydrogens (primary N) is 1. The highest BCUT2D eigenvalue weighted by molar-refractivity contribution is 7.67. The predicted octanol–water partition coefficient (Wildman–Crippen LogP) is 1.98. The summed E-state index contributed by atoms with van der Waals surface area (Å²) in [6.07, 6.45) is 8.32. The van der Waals surface area contributed by atoms with Gasteiger partial charge in [0.2, 0.25) is 11.8 Å². The van der Waals surface area contributed by atoms with E-state index in [2.05, 4.69) is 10.6 Å². The van der Waals surface area contributed by atoms with Crippen LogP contribution in [0.4, 0.5) is 0 Å². The minimum Gasteiger partial charge on any atom is -0.492 e. The Balaban J connectivity index is 1.60. The second-order valence-corrected chi connectivity index (χ2v) is 15.0. The van der Waals surface area contributed by atoms with Crippen molar-refractivity contribution in [1.82, 2.24) is 10.6 Å². The Morgan fingerprint density at radius 1 is 0.933 bits per heavy atom. The maximum atomic E-state index is 13.6. The van der Waals surface area contributed by atoms with Gasteiger partial charge in [0.05, 0.1) is 28.8 Å². The maximum Gasteiger partial charge on any atom is 0.357 e. The van der Waals surface area contributed by atoms with Gasteiger partial charge >= 0.3 is 15.2 Å². The van der Waals surface area contributed by atoms with Crippen molar-refractivity contribution in [2.75, 3.05) is 6.61 Å². The number of carbonyl (C=O) groups excluding carboxylic acids is 3. The zero-order valence-corrected chi connectivity index (χ0v) is 26.9. The average Bonchev–Trinajstić information content (AvgIpc) is 3.15. The van der Waals surface area contributed by atoms with Crippen LogP contribution in [-0.4, -0.2) is 49.9 Å². The molecule has 0 bridgehead atoms. The van der Waals surface area contributed by atoms with Gasteiger partial charge in [-0.1, -0.05) is 31.7 Å². The first-order chi connectivity index (χ1) is 21.1. The molecule has 2 aromatic carbocycles. The van der Waals surface area contributed by atoms with E-state index < -0.39 is 55.6 Å². The van der Waals surface area contributed by atoms with Gasteiger partial charge in [0.15, 0.2) is 0 Å². The molecule has 0 spiro atoms. The van der Waals surface area contributed by atoms with E-state index in [4.69, 9.17) is 10.5 Å². The van der Waals surface area contributed by atoms with Crippen molar-refractivity contribution in [3.05, 3.63) is 52.6 Å². The van der Waals surface area contributed by atoms with Crippen molar-refractivity contribution >= 4 is 43.5 Å². The fourth-order valence-electron chi connectivity index (χ4n) is 6.16. The molecule has 2 aliphatic carbocycles. The van der Waals surface area contributed by atoms with Gasteiger partial charge in [0.1, 0.15) is 11.8 Å². The van der Waals surface area contributed by atoms with Crippen LogP contribution in [0.5, 0.6) is 5.75 Å². The number of fused-ring (bicyclic) bond motifs is 1. The molecule has 15 heteroatoms. The Morgan fingerprint density at radius 2 is 1.60 bits per heavy atom. The molecule has 0 radical (unpaired) electrons.